The van der Waals surface area contributed by atoms with Gasteiger partial charge in [0.15, 0.2) is 15.9 Å². The monoisotopic (exact) mass is 434 g/mol. The molecule has 1 N–H and O–H groups in total. The highest BCUT2D eigenvalue weighted by Gasteiger charge is 2.47. The topological polar surface area (TPSA) is 84.3 Å². The molecule has 2 saturated heterocycles. The first-order valence-electron chi connectivity index (χ1n) is 10.0. The molecule has 1 aromatic heterocycles. The number of nitrogens with one attached hydrogen (secondary N) is 1. The number of nitrogens with zero attached hydrogens (tertiary/aromatic N) is 3. The van der Waals surface area contributed by atoms with Crippen LogP contribution in [0.25, 0.3) is 0 Å². The van der Waals surface area contributed by atoms with E-state index in [-0.39, 0.29) is 29.9 Å². The molecule has 1 aromatic rings. The Morgan fingerprint density at radius 2 is 2.10 bits per heavy atom. The van der Waals surface area contributed by atoms with E-state index in [1.54, 1.807) is 11.0 Å². The number of fused-ring (bicyclic) bond motifs is 1. The lowest BCUT2D eigenvalue weighted by atomic mass is 10.0. The van der Waals surface area contributed by atoms with E-state index < -0.39 is 34.0 Å². The van der Waals surface area contributed by atoms with Gasteiger partial charge in [-0.2, -0.15) is 18.3 Å². The molecule has 0 spiro atoms. The van der Waals surface area contributed by atoms with E-state index in [9.17, 15) is 26.4 Å². The average Bonchev–Trinajstić information content (AvgIpc) is 3.35. The second-order valence-electron chi connectivity index (χ2n) is 8.23. The van der Waals surface area contributed by atoms with E-state index in [1.165, 1.54) is 0 Å². The van der Waals surface area contributed by atoms with E-state index in [0.717, 1.165) is 4.68 Å². The summed E-state index contributed by atoms with van der Waals surface area (Å²) in [7, 11) is -3.19. The van der Waals surface area contributed by atoms with E-state index >= 15 is 0 Å². The summed E-state index contributed by atoms with van der Waals surface area (Å²) < 4.78 is 65.2. The number of halogens is 3. The van der Waals surface area contributed by atoms with Crippen molar-refractivity contribution in [3.8, 4) is 0 Å². The molecule has 3 aliphatic rings. The van der Waals surface area contributed by atoms with Gasteiger partial charge in [-0.05, 0) is 32.1 Å². The van der Waals surface area contributed by atoms with Crippen LogP contribution in [0.1, 0.15) is 56.8 Å². The molecular weight excluding hydrogens is 409 g/mol. The fourth-order valence-electron chi connectivity index (χ4n) is 4.66. The maximum Gasteiger partial charge on any atom is 0.410 e. The lowest BCUT2D eigenvalue weighted by molar-refractivity contribution is -0.173. The molecule has 0 aromatic carbocycles. The summed E-state index contributed by atoms with van der Waals surface area (Å²) in [5.41, 5.74) is 0.435. The smallest absolute Gasteiger partial charge is 0.367 e. The highest BCUT2D eigenvalue weighted by molar-refractivity contribution is 7.91. The second kappa shape index (κ2) is 7.17. The van der Waals surface area contributed by atoms with Gasteiger partial charge in [-0.25, -0.2) is 13.1 Å². The third-order valence-corrected chi connectivity index (χ3v) is 8.01. The fourth-order valence-corrected chi connectivity index (χ4v) is 6.39. The second-order valence-corrected chi connectivity index (χ2v) is 10.5. The van der Waals surface area contributed by atoms with Crippen LogP contribution >= 0.6 is 0 Å². The molecule has 4 atom stereocenters. The molecule has 7 nitrogen and oxygen atoms in total. The van der Waals surface area contributed by atoms with Crippen LogP contribution in [0.3, 0.4) is 0 Å². The van der Waals surface area contributed by atoms with Crippen LogP contribution in [0, 0.1) is 5.92 Å². The summed E-state index contributed by atoms with van der Waals surface area (Å²) in [6.45, 7) is 2.31. The lowest BCUT2D eigenvalue weighted by Crippen LogP contribution is -2.39. The zero-order valence-electron chi connectivity index (χ0n) is 16.2. The zero-order chi connectivity index (χ0) is 21.0. The van der Waals surface area contributed by atoms with Crippen LogP contribution in [0.2, 0.25) is 0 Å². The van der Waals surface area contributed by atoms with Crippen molar-refractivity contribution in [2.75, 3.05) is 23.4 Å². The normalized spacial score (nSPS) is 31.5. The van der Waals surface area contributed by atoms with Crippen molar-refractivity contribution in [1.29, 1.82) is 0 Å². The Kier molecular flexibility index (Phi) is 5.07. The minimum Gasteiger partial charge on any atom is -0.367 e. The van der Waals surface area contributed by atoms with Crippen LogP contribution in [0.4, 0.5) is 19.0 Å². The van der Waals surface area contributed by atoms with Crippen LogP contribution < -0.4 is 5.32 Å². The number of rotatable bonds is 3. The summed E-state index contributed by atoms with van der Waals surface area (Å²) >= 11 is 0. The molecule has 2 fully saturated rings. The van der Waals surface area contributed by atoms with Gasteiger partial charge in [0, 0.05) is 18.7 Å². The van der Waals surface area contributed by atoms with E-state index in [1.807, 2.05) is 6.92 Å². The van der Waals surface area contributed by atoms with Crippen molar-refractivity contribution in [1.82, 2.24) is 14.7 Å². The fraction of sp³-hybridized carbons (Fsp3) is 0.778. The molecule has 11 heteroatoms. The van der Waals surface area contributed by atoms with Gasteiger partial charge in [-0.3, -0.25) is 4.79 Å². The van der Waals surface area contributed by atoms with Crippen LogP contribution in [0.5, 0.6) is 0 Å². The quantitative estimate of drug-likeness (QED) is 0.791. The minimum absolute atomic E-state index is 0.0102. The minimum atomic E-state index is -4.41. The Labute approximate surface area is 167 Å². The van der Waals surface area contributed by atoms with Gasteiger partial charge in [-0.15, -0.1) is 0 Å². The first-order valence-corrected chi connectivity index (χ1v) is 11.8. The number of sulfone groups is 1. The van der Waals surface area contributed by atoms with Crippen molar-refractivity contribution in [2.45, 2.75) is 63.3 Å². The van der Waals surface area contributed by atoms with Crippen LogP contribution in [0.15, 0.2) is 6.07 Å². The third-order valence-electron chi connectivity index (χ3n) is 6.24. The van der Waals surface area contributed by atoms with Gasteiger partial charge < -0.3 is 10.2 Å². The van der Waals surface area contributed by atoms with Gasteiger partial charge in [0.05, 0.1) is 29.2 Å². The molecule has 0 radical (unpaired) electrons. The SMILES string of the molecule is CC[C@@H]1C[C@H](C(F)(F)F)n2nc([C@@H]3CCCN3C(=O)[C@@H]3CCS(=O)(=O)C3)cc2N1. The molecule has 0 saturated carbocycles. The number of aromatic nitrogens is 2. The molecule has 4 heterocycles. The summed E-state index contributed by atoms with van der Waals surface area (Å²) in [5, 5.41) is 7.38. The Bertz CT molecular complexity index is 899. The Morgan fingerprint density at radius 3 is 2.72 bits per heavy atom. The Balaban J connectivity index is 1.60. The summed E-state index contributed by atoms with van der Waals surface area (Å²) in [5.74, 6) is -0.612. The van der Waals surface area contributed by atoms with Gasteiger partial charge in [0.25, 0.3) is 0 Å². The van der Waals surface area contributed by atoms with Gasteiger partial charge in [-0.1, -0.05) is 6.92 Å². The molecule has 1 amide bonds. The first kappa shape index (κ1) is 20.5. The number of carbonyl (C=O) groups is 1. The molecule has 29 heavy (non-hydrogen) atoms. The predicted octanol–water partition coefficient (Wildman–Crippen LogP) is 2.68. The molecule has 4 rings (SSSR count). The number of likely N-dealkylation sites (tertiary alicyclic amines) is 1. The summed E-state index contributed by atoms with van der Waals surface area (Å²) in [6, 6.07) is -0.784. The van der Waals surface area contributed by atoms with E-state index in [2.05, 4.69) is 10.4 Å². The number of carbonyl (C=O) groups excluding carboxylic acids is 1. The average molecular weight is 434 g/mol. The van der Waals surface area contributed by atoms with Crippen LogP contribution in [-0.4, -0.2) is 59.3 Å². The number of hydrogen-bond acceptors (Lipinski definition) is 5. The first-order chi connectivity index (χ1) is 13.6. The maximum absolute atomic E-state index is 13.6. The molecular formula is C18H25F3N4O3S. The van der Waals surface area contributed by atoms with Crippen molar-refractivity contribution < 1.29 is 26.4 Å². The van der Waals surface area contributed by atoms with Gasteiger partial charge in [0.2, 0.25) is 5.91 Å². The number of hydrogen-bond donors (Lipinski definition) is 1. The van der Waals surface area contributed by atoms with Crippen LogP contribution in [-0.2, 0) is 14.6 Å². The maximum atomic E-state index is 13.6. The number of anilines is 1. The van der Waals surface area contributed by atoms with Crippen molar-refractivity contribution in [3.05, 3.63) is 11.8 Å². The summed E-state index contributed by atoms with van der Waals surface area (Å²) in [6.07, 6.45) is -2.29. The predicted molar refractivity (Wildman–Crippen MR) is 100 cm³/mol. The summed E-state index contributed by atoms with van der Waals surface area (Å²) in [4.78, 5) is 14.5. The largest absolute Gasteiger partial charge is 0.410 e. The molecule has 0 unspecified atom stereocenters. The van der Waals surface area contributed by atoms with Gasteiger partial charge in [0.1, 0.15) is 5.82 Å². The van der Waals surface area contributed by atoms with Crippen molar-refractivity contribution >= 4 is 21.6 Å². The molecule has 0 bridgehead atoms. The van der Waals surface area contributed by atoms with Gasteiger partial charge >= 0.3 is 6.18 Å². The molecule has 0 aliphatic carbocycles. The van der Waals surface area contributed by atoms with E-state index in [0.29, 0.717) is 43.7 Å². The standard InChI is InChI=1S/C18H25F3N4O3S/c1-2-12-8-15(18(19,20)21)25-16(22-12)9-13(23-25)14-4-3-6-24(14)17(26)11-5-7-29(27,28)10-11/h9,11-12,14-15,22H,2-8,10H2,1H3/t11-,12-,14+,15-/m1/s1. The highest BCUT2D eigenvalue weighted by atomic mass is 32.2. The Hall–Kier alpha value is -1.78. The van der Waals surface area contributed by atoms with Crippen molar-refractivity contribution in [3.63, 3.8) is 0 Å². The molecule has 162 valence electrons. The Morgan fingerprint density at radius 1 is 1.34 bits per heavy atom. The molecule has 3 aliphatic heterocycles. The lowest BCUT2D eigenvalue weighted by Gasteiger charge is -2.32. The van der Waals surface area contributed by atoms with Crippen molar-refractivity contribution in [2.24, 2.45) is 5.92 Å². The number of amides is 1. The third kappa shape index (κ3) is 3.85. The highest BCUT2D eigenvalue weighted by Crippen LogP contribution is 2.42. The zero-order valence-corrected chi connectivity index (χ0v) is 17.0. The number of alkyl halides is 3. The van der Waals surface area contributed by atoms with E-state index in [4.69, 9.17) is 0 Å².